The van der Waals surface area contributed by atoms with Crippen LogP contribution in [0.1, 0.15) is 24.0 Å². The van der Waals surface area contributed by atoms with Crippen LogP contribution in [0, 0.1) is 0 Å². The minimum absolute atomic E-state index is 0.0598. The predicted octanol–water partition coefficient (Wildman–Crippen LogP) is 1.57. The standard InChI is InChI=1S/C11H13NO/c12-11(5-6-11)9-3-1-2-8-4-7-13-10(8)9/h1-3H,4-7,12H2. The molecule has 0 radical (unpaired) electrons. The second kappa shape index (κ2) is 2.26. The number of rotatable bonds is 1. The van der Waals surface area contributed by atoms with Crippen LogP contribution < -0.4 is 10.5 Å². The second-order valence-electron chi connectivity index (χ2n) is 4.05. The molecule has 2 aliphatic rings. The molecule has 1 saturated carbocycles. The van der Waals surface area contributed by atoms with Crippen LogP contribution in [-0.4, -0.2) is 6.61 Å². The van der Waals surface area contributed by atoms with Gasteiger partial charge in [-0.3, -0.25) is 0 Å². The molecule has 0 amide bonds. The largest absolute Gasteiger partial charge is 0.493 e. The zero-order chi connectivity index (χ0) is 8.89. The van der Waals surface area contributed by atoms with E-state index in [0.29, 0.717) is 0 Å². The summed E-state index contributed by atoms with van der Waals surface area (Å²) in [6, 6.07) is 6.34. The molecule has 1 heterocycles. The summed E-state index contributed by atoms with van der Waals surface area (Å²) in [4.78, 5) is 0. The zero-order valence-electron chi connectivity index (χ0n) is 7.55. The van der Waals surface area contributed by atoms with Crippen LogP contribution >= 0.6 is 0 Å². The van der Waals surface area contributed by atoms with Gasteiger partial charge in [-0.25, -0.2) is 0 Å². The minimum Gasteiger partial charge on any atom is -0.493 e. The Hall–Kier alpha value is -1.02. The van der Waals surface area contributed by atoms with Crippen LogP contribution in [0.3, 0.4) is 0 Å². The van der Waals surface area contributed by atoms with Crippen molar-refractivity contribution >= 4 is 0 Å². The maximum Gasteiger partial charge on any atom is 0.127 e. The van der Waals surface area contributed by atoms with Gasteiger partial charge in [-0.15, -0.1) is 0 Å². The van der Waals surface area contributed by atoms with E-state index in [2.05, 4.69) is 18.2 Å². The van der Waals surface area contributed by atoms with Gasteiger partial charge in [-0.1, -0.05) is 18.2 Å². The highest BCUT2D eigenvalue weighted by Crippen LogP contribution is 2.48. The summed E-state index contributed by atoms with van der Waals surface area (Å²) in [5, 5.41) is 0. The van der Waals surface area contributed by atoms with Crippen LogP contribution in [0.2, 0.25) is 0 Å². The normalized spacial score (nSPS) is 22.2. The quantitative estimate of drug-likeness (QED) is 0.703. The average Bonchev–Trinajstić information content (AvgIpc) is 2.72. The molecule has 0 atom stereocenters. The lowest BCUT2D eigenvalue weighted by molar-refractivity contribution is 0.350. The molecule has 0 saturated heterocycles. The van der Waals surface area contributed by atoms with Crippen molar-refractivity contribution in [2.24, 2.45) is 5.73 Å². The SMILES string of the molecule is NC1(c2cccc3c2OCC3)CC1. The topological polar surface area (TPSA) is 35.2 Å². The molecule has 13 heavy (non-hydrogen) atoms. The lowest BCUT2D eigenvalue weighted by atomic mass is 10.0. The molecule has 0 spiro atoms. The smallest absolute Gasteiger partial charge is 0.127 e. The van der Waals surface area contributed by atoms with Gasteiger partial charge >= 0.3 is 0 Å². The second-order valence-corrected chi connectivity index (χ2v) is 4.05. The van der Waals surface area contributed by atoms with E-state index >= 15 is 0 Å². The Balaban J connectivity index is 2.15. The van der Waals surface area contributed by atoms with Gasteiger partial charge in [0.1, 0.15) is 5.75 Å². The van der Waals surface area contributed by atoms with Crippen LogP contribution in [0.25, 0.3) is 0 Å². The first kappa shape index (κ1) is 7.39. The number of ether oxygens (including phenoxy) is 1. The third-order valence-electron chi connectivity index (χ3n) is 3.04. The van der Waals surface area contributed by atoms with E-state index in [1.807, 2.05) is 0 Å². The summed E-state index contributed by atoms with van der Waals surface area (Å²) < 4.78 is 5.62. The number of hydrogen-bond acceptors (Lipinski definition) is 2. The van der Waals surface area contributed by atoms with Gasteiger partial charge < -0.3 is 10.5 Å². The van der Waals surface area contributed by atoms with Gasteiger partial charge in [0.05, 0.1) is 6.61 Å². The maximum absolute atomic E-state index is 6.16. The molecule has 0 bridgehead atoms. The summed E-state index contributed by atoms with van der Waals surface area (Å²) in [5.41, 5.74) is 8.65. The van der Waals surface area contributed by atoms with E-state index in [1.165, 1.54) is 11.1 Å². The highest BCUT2D eigenvalue weighted by Gasteiger charge is 2.43. The number of benzene rings is 1. The maximum atomic E-state index is 6.16. The monoisotopic (exact) mass is 175 g/mol. The van der Waals surface area contributed by atoms with E-state index in [9.17, 15) is 0 Å². The van der Waals surface area contributed by atoms with Gasteiger partial charge in [0.25, 0.3) is 0 Å². The molecule has 68 valence electrons. The molecule has 0 aromatic heterocycles. The van der Waals surface area contributed by atoms with Crippen molar-refractivity contribution in [1.29, 1.82) is 0 Å². The molecular formula is C11H13NO. The molecule has 1 aromatic carbocycles. The van der Waals surface area contributed by atoms with Crippen molar-refractivity contribution in [3.05, 3.63) is 29.3 Å². The molecular weight excluding hydrogens is 162 g/mol. The Morgan fingerprint density at radius 3 is 2.92 bits per heavy atom. The third kappa shape index (κ3) is 0.985. The summed E-state index contributed by atoms with van der Waals surface area (Å²) in [6.07, 6.45) is 3.25. The van der Waals surface area contributed by atoms with Crippen LogP contribution in [0.4, 0.5) is 0 Å². The zero-order valence-corrected chi connectivity index (χ0v) is 7.55. The molecule has 2 heteroatoms. The fourth-order valence-corrected chi connectivity index (χ4v) is 2.01. The Labute approximate surface area is 77.7 Å². The highest BCUT2D eigenvalue weighted by atomic mass is 16.5. The number of nitrogens with two attached hydrogens (primary N) is 1. The Morgan fingerprint density at radius 1 is 1.31 bits per heavy atom. The summed E-state index contributed by atoms with van der Waals surface area (Å²) in [5.74, 6) is 1.07. The average molecular weight is 175 g/mol. The van der Waals surface area contributed by atoms with Gasteiger partial charge in [-0.05, 0) is 18.4 Å². The Morgan fingerprint density at radius 2 is 2.15 bits per heavy atom. The molecule has 3 rings (SSSR count). The molecule has 2 N–H and O–H groups in total. The van der Waals surface area contributed by atoms with E-state index in [0.717, 1.165) is 31.6 Å². The van der Waals surface area contributed by atoms with Gasteiger partial charge in [0.15, 0.2) is 0 Å². The van der Waals surface area contributed by atoms with Crippen molar-refractivity contribution in [2.45, 2.75) is 24.8 Å². The first-order valence-corrected chi connectivity index (χ1v) is 4.84. The van der Waals surface area contributed by atoms with Gasteiger partial charge in [0, 0.05) is 17.5 Å². The van der Waals surface area contributed by atoms with Crippen molar-refractivity contribution < 1.29 is 4.74 Å². The Bertz CT molecular complexity index is 355. The molecule has 0 unspecified atom stereocenters. The van der Waals surface area contributed by atoms with Crippen molar-refractivity contribution in [3.63, 3.8) is 0 Å². The third-order valence-corrected chi connectivity index (χ3v) is 3.04. The number of para-hydroxylation sites is 1. The first-order chi connectivity index (χ1) is 6.30. The molecule has 1 aromatic rings. The molecule has 1 aliphatic heterocycles. The minimum atomic E-state index is -0.0598. The lowest BCUT2D eigenvalue weighted by Gasteiger charge is -2.13. The van der Waals surface area contributed by atoms with E-state index in [-0.39, 0.29) is 5.54 Å². The van der Waals surface area contributed by atoms with Crippen molar-refractivity contribution in [1.82, 2.24) is 0 Å². The molecule has 1 fully saturated rings. The fraction of sp³-hybridized carbons (Fsp3) is 0.455. The number of fused-ring (bicyclic) bond motifs is 1. The van der Waals surface area contributed by atoms with Crippen LogP contribution in [0.15, 0.2) is 18.2 Å². The number of hydrogen-bond donors (Lipinski definition) is 1. The van der Waals surface area contributed by atoms with E-state index in [1.54, 1.807) is 0 Å². The summed E-state index contributed by atoms with van der Waals surface area (Å²) in [6.45, 7) is 0.822. The van der Waals surface area contributed by atoms with Crippen LogP contribution in [0.5, 0.6) is 5.75 Å². The van der Waals surface area contributed by atoms with Crippen LogP contribution in [-0.2, 0) is 12.0 Å². The van der Waals surface area contributed by atoms with Gasteiger partial charge in [0.2, 0.25) is 0 Å². The predicted molar refractivity (Wildman–Crippen MR) is 50.7 cm³/mol. The summed E-state index contributed by atoms with van der Waals surface area (Å²) in [7, 11) is 0. The van der Waals surface area contributed by atoms with Gasteiger partial charge in [-0.2, -0.15) is 0 Å². The van der Waals surface area contributed by atoms with Crippen molar-refractivity contribution in [2.75, 3.05) is 6.61 Å². The first-order valence-electron chi connectivity index (χ1n) is 4.84. The summed E-state index contributed by atoms with van der Waals surface area (Å²) >= 11 is 0. The molecule has 1 aliphatic carbocycles. The highest BCUT2D eigenvalue weighted by molar-refractivity contribution is 5.49. The lowest BCUT2D eigenvalue weighted by Crippen LogP contribution is -2.19. The van der Waals surface area contributed by atoms with E-state index in [4.69, 9.17) is 10.5 Å². The van der Waals surface area contributed by atoms with Crippen molar-refractivity contribution in [3.8, 4) is 5.75 Å². The Kier molecular flexibility index (Phi) is 1.29. The fourth-order valence-electron chi connectivity index (χ4n) is 2.01. The molecule has 2 nitrogen and oxygen atoms in total. The van der Waals surface area contributed by atoms with E-state index < -0.39 is 0 Å².